The van der Waals surface area contributed by atoms with Crippen molar-refractivity contribution in [2.24, 2.45) is 11.3 Å². The SMILES string of the molecule is CCNC(CCN(CC)CC1CCC1)C(C)(C)C. The van der Waals surface area contributed by atoms with Crippen LogP contribution >= 0.6 is 0 Å². The minimum atomic E-state index is 0.367. The number of hydrogen-bond donors (Lipinski definition) is 1. The molecular weight excluding hydrogens is 220 g/mol. The lowest BCUT2D eigenvalue weighted by Crippen LogP contribution is -2.43. The van der Waals surface area contributed by atoms with E-state index in [2.05, 4.69) is 44.8 Å². The molecule has 1 rings (SSSR count). The molecule has 18 heavy (non-hydrogen) atoms. The van der Waals surface area contributed by atoms with E-state index in [1.54, 1.807) is 0 Å². The van der Waals surface area contributed by atoms with E-state index in [4.69, 9.17) is 0 Å². The van der Waals surface area contributed by atoms with E-state index in [0.29, 0.717) is 11.5 Å². The molecule has 1 atom stereocenters. The number of hydrogen-bond acceptors (Lipinski definition) is 2. The van der Waals surface area contributed by atoms with E-state index in [1.807, 2.05) is 0 Å². The Morgan fingerprint density at radius 3 is 2.28 bits per heavy atom. The average molecular weight is 254 g/mol. The zero-order valence-electron chi connectivity index (χ0n) is 13.3. The molecular formula is C16H34N2. The highest BCUT2D eigenvalue weighted by Gasteiger charge is 2.25. The second-order valence-corrected chi connectivity index (χ2v) is 6.96. The minimum absolute atomic E-state index is 0.367. The molecule has 0 radical (unpaired) electrons. The molecule has 0 aliphatic heterocycles. The predicted octanol–water partition coefficient (Wildman–Crippen LogP) is 3.52. The van der Waals surface area contributed by atoms with E-state index in [-0.39, 0.29) is 0 Å². The normalized spacial score (nSPS) is 19.0. The van der Waals surface area contributed by atoms with E-state index in [9.17, 15) is 0 Å². The van der Waals surface area contributed by atoms with E-state index >= 15 is 0 Å². The van der Waals surface area contributed by atoms with Crippen LogP contribution in [0.1, 0.15) is 60.3 Å². The van der Waals surface area contributed by atoms with Gasteiger partial charge >= 0.3 is 0 Å². The van der Waals surface area contributed by atoms with Gasteiger partial charge in [0.2, 0.25) is 0 Å². The zero-order chi connectivity index (χ0) is 13.6. The molecule has 0 aromatic heterocycles. The Morgan fingerprint density at radius 1 is 1.22 bits per heavy atom. The predicted molar refractivity (Wildman–Crippen MR) is 81.0 cm³/mol. The zero-order valence-corrected chi connectivity index (χ0v) is 13.3. The molecule has 2 nitrogen and oxygen atoms in total. The third-order valence-electron chi connectivity index (χ3n) is 4.42. The molecule has 1 saturated carbocycles. The molecule has 0 spiro atoms. The molecule has 1 aliphatic carbocycles. The summed E-state index contributed by atoms with van der Waals surface area (Å²) in [5, 5.41) is 3.66. The first-order valence-corrected chi connectivity index (χ1v) is 7.93. The van der Waals surface area contributed by atoms with Gasteiger partial charge in [-0.2, -0.15) is 0 Å². The molecule has 0 saturated heterocycles. The maximum absolute atomic E-state index is 3.66. The lowest BCUT2D eigenvalue weighted by molar-refractivity contribution is 0.162. The van der Waals surface area contributed by atoms with Crippen LogP contribution < -0.4 is 5.32 Å². The van der Waals surface area contributed by atoms with Gasteiger partial charge in [0.15, 0.2) is 0 Å². The van der Waals surface area contributed by atoms with Gasteiger partial charge in [-0.3, -0.25) is 0 Å². The van der Waals surface area contributed by atoms with Crippen molar-refractivity contribution >= 4 is 0 Å². The summed E-state index contributed by atoms with van der Waals surface area (Å²) in [6, 6.07) is 0.637. The Labute approximate surface area is 115 Å². The van der Waals surface area contributed by atoms with E-state index in [0.717, 1.165) is 12.5 Å². The van der Waals surface area contributed by atoms with Crippen LogP contribution in [0, 0.1) is 11.3 Å². The first-order chi connectivity index (χ1) is 8.47. The van der Waals surface area contributed by atoms with E-state index in [1.165, 1.54) is 45.3 Å². The maximum atomic E-state index is 3.66. The summed E-state index contributed by atoms with van der Waals surface area (Å²) in [6.07, 6.45) is 5.67. The van der Waals surface area contributed by atoms with Crippen LogP contribution in [0.15, 0.2) is 0 Å². The third-order valence-corrected chi connectivity index (χ3v) is 4.42. The maximum Gasteiger partial charge on any atom is 0.0128 e. The standard InChI is InChI=1S/C16H34N2/c1-6-17-15(16(3,4)5)11-12-18(7-2)13-14-9-8-10-14/h14-15,17H,6-13H2,1-5H3. The summed E-state index contributed by atoms with van der Waals surface area (Å²) < 4.78 is 0. The molecule has 1 aliphatic rings. The highest BCUT2D eigenvalue weighted by molar-refractivity contribution is 4.82. The smallest absolute Gasteiger partial charge is 0.0128 e. The van der Waals surface area contributed by atoms with Crippen molar-refractivity contribution in [2.45, 2.75) is 66.3 Å². The largest absolute Gasteiger partial charge is 0.314 e. The van der Waals surface area contributed by atoms with Gasteiger partial charge < -0.3 is 10.2 Å². The monoisotopic (exact) mass is 254 g/mol. The number of rotatable bonds is 8. The summed E-state index contributed by atoms with van der Waals surface area (Å²) in [4.78, 5) is 2.65. The number of nitrogens with zero attached hydrogens (tertiary/aromatic N) is 1. The fraction of sp³-hybridized carbons (Fsp3) is 1.00. The third kappa shape index (κ3) is 5.27. The van der Waals surface area contributed by atoms with Gasteiger partial charge in [0, 0.05) is 12.6 Å². The van der Waals surface area contributed by atoms with Crippen LogP contribution in [-0.2, 0) is 0 Å². The van der Waals surface area contributed by atoms with Crippen molar-refractivity contribution in [3.05, 3.63) is 0 Å². The molecule has 0 amide bonds. The molecule has 0 heterocycles. The Balaban J connectivity index is 2.33. The molecule has 1 N–H and O–H groups in total. The van der Waals surface area contributed by atoms with Gasteiger partial charge in [0.05, 0.1) is 0 Å². The first-order valence-electron chi connectivity index (χ1n) is 7.93. The Hall–Kier alpha value is -0.0800. The lowest BCUT2D eigenvalue weighted by Gasteiger charge is -2.35. The molecule has 0 aromatic carbocycles. The molecule has 108 valence electrons. The van der Waals surface area contributed by atoms with Crippen LogP contribution in [-0.4, -0.2) is 37.1 Å². The van der Waals surface area contributed by atoms with Crippen molar-refractivity contribution in [3.8, 4) is 0 Å². The second-order valence-electron chi connectivity index (χ2n) is 6.96. The van der Waals surface area contributed by atoms with Crippen LogP contribution in [0.2, 0.25) is 0 Å². The van der Waals surface area contributed by atoms with Crippen LogP contribution in [0.25, 0.3) is 0 Å². The highest BCUT2D eigenvalue weighted by Crippen LogP contribution is 2.27. The average Bonchev–Trinajstić information content (AvgIpc) is 2.23. The minimum Gasteiger partial charge on any atom is -0.314 e. The lowest BCUT2D eigenvalue weighted by atomic mass is 9.83. The fourth-order valence-corrected chi connectivity index (χ4v) is 2.82. The van der Waals surface area contributed by atoms with Crippen LogP contribution in [0.4, 0.5) is 0 Å². The molecule has 0 bridgehead atoms. The first kappa shape index (κ1) is 16.0. The fourth-order valence-electron chi connectivity index (χ4n) is 2.82. The van der Waals surface area contributed by atoms with Crippen molar-refractivity contribution < 1.29 is 0 Å². The molecule has 1 unspecified atom stereocenters. The Bertz CT molecular complexity index is 216. The van der Waals surface area contributed by atoms with Gasteiger partial charge in [0.1, 0.15) is 0 Å². The van der Waals surface area contributed by atoms with Crippen molar-refractivity contribution in [3.63, 3.8) is 0 Å². The molecule has 0 aromatic rings. The van der Waals surface area contributed by atoms with Crippen molar-refractivity contribution in [1.82, 2.24) is 10.2 Å². The summed E-state index contributed by atoms with van der Waals surface area (Å²) >= 11 is 0. The Kier molecular flexibility index (Phi) is 6.65. The van der Waals surface area contributed by atoms with Gasteiger partial charge in [-0.05, 0) is 50.2 Å². The topological polar surface area (TPSA) is 15.3 Å². The van der Waals surface area contributed by atoms with Gasteiger partial charge in [-0.15, -0.1) is 0 Å². The van der Waals surface area contributed by atoms with Crippen LogP contribution in [0.5, 0.6) is 0 Å². The molecule has 1 fully saturated rings. The van der Waals surface area contributed by atoms with E-state index < -0.39 is 0 Å². The quantitative estimate of drug-likeness (QED) is 0.713. The van der Waals surface area contributed by atoms with Crippen LogP contribution in [0.3, 0.4) is 0 Å². The summed E-state index contributed by atoms with van der Waals surface area (Å²) in [5.41, 5.74) is 0.367. The summed E-state index contributed by atoms with van der Waals surface area (Å²) in [6.45, 7) is 16.4. The summed E-state index contributed by atoms with van der Waals surface area (Å²) in [7, 11) is 0. The second kappa shape index (κ2) is 7.49. The van der Waals surface area contributed by atoms with Gasteiger partial charge in [-0.1, -0.05) is 41.0 Å². The highest BCUT2D eigenvalue weighted by atomic mass is 15.1. The summed E-state index contributed by atoms with van der Waals surface area (Å²) in [5.74, 6) is 0.997. The Morgan fingerprint density at radius 2 is 1.89 bits per heavy atom. The molecule has 2 heteroatoms. The van der Waals surface area contributed by atoms with Crippen molar-refractivity contribution in [2.75, 3.05) is 26.2 Å². The van der Waals surface area contributed by atoms with Gasteiger partial charge in [0.25, 0.3) is 0 Å². The number of nitrogens with one attached hydrogen (secondary N) is 1. The van der Waals surface area contributed by atoms with Gasteiger partial charge in [-0.25, -0.2) is 0 Å². The van der Waals surface area contributed by atoms with Crippen molar-refractivity contribution in [1.29, 1.82) is 0 Å².